The van der Waals surface area contributed by atoms with E-state index in [1.165, 1.54) is 6.07 Å². The molecule has 22 heavy (non-hydrogen) atoms. The van der Waals surface area contributed by atoms with E-state index < -0.39 is 17.2 Å². The maximum atomic E-state index is 13.7. The third-order valence-corrected chi connectivity index (χ3v) is 4.75. The zero-order chi connectivity index (χ0) is 16.5. The van der Waals surface area contributed by atoms with Crippen LogP contribution in [0.1, 0.15) is 45.1 Å². The summed E-state index contributed by atoms with van der Waals surface area (Å²) in [5.41, 5.74) is 0.312. The monoisotopic (exact) mass is 423 g/mol. The topological polar surface area (TPSA) is 29.5 Å². The molecule has 1 aromatic rings. The van der Waals surface area contributed by atoms with Crippen molar-refractivity contribution in [1.29, 1.82) is 0 Å². The van der Waals surface area contributed by atoms with Crippen molar-refractivity contribution in [2.75, 3.05) is 13.1 Å². The van der Waals surface area contributed by atoms with Gasteiger partial charge in [0.1, 0.15) is 5.60 Å². The first-order valence-electron chi connectivity index (χ1n) is 7.30. The average molecular weight is 423 g/mol. The van der Waals surface area contributed by atoms with E-state index in [2.05, 4.69) is 0 Å². The zero-order valence-electron chi connectivity index (χ0n) is 13.0. The normalized spacial score (nSPS) is 16.7. The van der Waals surface area contributed by atoms with Crippen molar-refractivity contribution in [3.63, 3.8) is 0 Å². The molecule has 0 radical (unpaired) electrons. The van der Waals surface area contributed by atoms with Gasteiger partial charge in [0.25, 0.3) is 0 Å². The van der Waals surface area contributed by atoms with Crippen LogP contribution in [0.4, 0.5) is 13.6 Å². The van der Waals surface area contributed by atoms with Gasteiger partial charge in [0, 0.05) is 13.1 Å². The Balaban J connectivity index is 2.01. The first kappa shape index (κ1) is 17.4. The molecule has 1 heterocycles. The van der Waals surface area contributed by atoms with E-state index in [4.69, 9.17) is 4.74 Å². The highest BCUT2D eigenvalue weighted by atomic mass is 127. The minimum atomic E-state index is -0.820. The predicted molar refractivity (Wildman–Crippen MR) is 88.9 cm³/mol. The van der Waals surface area contributed by atoms with Gasteiger partial charge in [0.05, 0.1) is 3.57 Å². The van der Waals surface area contributed by atoms with Gasteiger partial charge in [0.15, 0.2) is 11.6 Å². The van der Waals surface area contributed by atoms with Crippen molar-refractivity contribution in [1.82, 2.24) is 4.90 Å². The molecule has 122 valence electrons. The Hall–Kier alpha value is -0.920. The molecule has 2 rings (SSSR count). The Morgan fingerprint density at radius 2 is 1.86 bits per heavy atom. The van der Waals surface area contributed by atoms with Crippen LogP contribution in [-0.4, -0.2) is 29.7 Å². The fourth-order valence-corrected chi connectivity index (χ4v) is 3.43. The lowest BCUT2D eigenvalue weighted by molar-refractivity contribution is 0.0204. The molecule has 1 saturated heterocycles. The van der Waals surface area contributed by atoms with Crippen molar-refractivity contribution in [2.45, 2.75) is 45.1 Å². The van der Waals surface area contributed by atoms with Crippen LogP contribution in [0, 0.1) is 15.2 Å². The van der Waals surface area contributed by atoms with Gasteiger partial charge >= 0.3 is 6.09 Å². The van der Waals surface area contributed by atoms with Crippen LogP contribution in [0.25, 0.3) is 0 Å². The molecule has 6 heteroatoms. The molecule has 3 nitrogen and oxygen atoms in total. The Labute approximate surface area is 143 Å². The molecule has 0 N–H and O–H groups in total. The van der Waals surface area contributed by atoms with Crippen LogP contribution in [0.5, 0.6) is 0 Å². The van der Waals surface area contributed by atoms with E-state index in [1.54, 1.807) is 11.0 Å². The Bertz CT molecular complexity index is 564. The summed E-state index contributed by atoms with van der Waals surface area (Å²) in [6.07, 6.45) is 1.13. The molecular formula is C16H20F2INO2. The zero-order valence-corrected chi connectivity index (χ0v) is 15.1. The second-order valence-corrected chi connectivity index (χ2v) is 7.58. The van der Waals surface area contributed by atoms with Crippen molar-refractivity contribution in [3.05, 3.63) is 32.9 Å². The number of carbonyl (C=O) groups excluding carboxylic acids is 1. The number of ether oxygens (including phenoxy) is 1. The number of carbonyl (C=O) groups is 1. The average Bonchev–Trinajstić information content (AvgIpc) is 2.43. The number of halogens is 3. The maximum Gasteiger partial charge on any atom is 0.410 e. The highest BCUT2D eigenvalue weighted by molar-refractivity contribution is 14.1. The summed E-state index contributed by atoms with van der Waals surface area (Å²) in [7, 11) is 0. The van der Waals surface area contributed by atoms with Gasteiger partial charge in [-0.25, -0.2) is 13.6 Å². The molecule has 1 aromatic carbocycles. The van der Waals surface area contributed by atoms with Crippen molar-refractivity contribution >= 4 is 28.7 Å². The number of nitrogens with zero attached hydrogens (tertiary/aromatic N) is 1. The third kappa shape index (κ3) is 4.08. The van der Waals surface area contributed by atoms with Gasteiger partial charge in [-0.3, -0.25) is 0 Å². The van der Waals surface area contributed by atoms with Gasteiger partial charge in [0.2, 0.25) is 0 Å². The molecule has 1 aliphatic heterocycles. The van der Waals surface area contributed by atoms with Crippen LogP contribution < -0.4 is 0 Å². The standard InChI is InChI=1S/C16H20F2INO2/c1-16(2,3)22-15(21)20-8-6-10(7-9-20)11-4-5-12(17)13(18)14(11)19/h4-5,10H,6-9H2,1-3H3. The second-order valence-electron chi connectivity index (χ2n) is 6.51. The summed E-state index contributed by atoms with van der Waals surface area (Å²) in [5, 5.41) is 0. The Morgan fingerprint density at radius 1 is 1.27 bits per heavy atom. The molecule has 1 aliphatic rings. The molecule has 0 saturated carbocycles. The quantitative estimate of drug-likeness (QED) is 0.485. The van der Waals surface area contributed by atoms with E-state index >= 15 is 0 Å². The SMILES string of the molecule is CC(C)(C)OC(=O)N1CCC(c2ccc(F)c(F)c2I)CC1. The molecule has 0 aromatic heterocycles. The largest absolute Gasteiger partial charge is 0.444 e. The summed E-state index contributed by atoms with van der Waals surface area (Å²) in [6.45, 7) is 6.63. The Kier molecular flexibility index (Phi) is 5.29. The van der Waals surface area contributed by atoms with Gasteiger partial charge in [-0.15, -0.1) is 0 Å². The van der Waals surface area contributed by atoms with Crippen LogP contribution in [-0.2, 0) is 4.74 Å². The van der Waals surface area contributed by atoms with E-state index in [9.17, 15) is 13.6 Å². The predicted octanol–water partition coefficient (Wildman–Crippen LogP) is 4.68. The molecular weight excluding hydrogens is 403 g/mol. The fraction of sp³-hybridized carbons (Fsp3) is 0.562. The molecule has 0 spiro atoms. The summed E-state index contributed by atoms with van der Waals surface area (Å²) in [4.78, 5) is 13.7. The Morgan fingerprint density at radius 3 is 2.41 bits per heavy atom. The maximum absolute atomic E-state index is 13.7. The van der Waals surface area contributed by atoms with Crippen molar-refractivity contribution in [2.24, 2.45) is 0 Å². The summed E-state index contributed by atoms with van der Waals surface area (Å²) < 4.78 is 32.6. The highest BCUT2D eigenvalue weighted by Gasteiger charge is 2.29. The number of benzene rings is 1. The third-order valence-electron chi connectivity index (χ3n) is 3.65. The van der Waals surface area contributed by atoms with Gasteiger partial charge < -0.3 is 9.64 Å². The minimum Gasteiger partial charge on any atom is -0.444 e. The van der Waals surface area contributed by atoms with E-state index in [0.717, 1.165) is 18.4 Å². The molecule has 0 aliphatic carbocycles. The van der Waals surface area contributed by atoms with Crippen LogP contribution >= 0.6 is 22.6 Å². The van der Waals surface area contributed by atoms with E-state index in [1.807, 2.05) is 43.4 Å². The number of hydrogen-bond donors (Lipinski definition) is 0. The van der Waals surface area contributed by atoms with Crippen LogP contribution in [0.3, 0.4) is 0 Å². The second kappa shape index (κ2) is 6.68. The number of piperidine rings is 1. The minimum absolute atomic E-state index is 0.140. The summed E-state index contributed by atoms with van der Waals surface area (Å²) in [6, 6.07) is 2.82. The summed E-state index contributed by atoms with van der Waals surface area (Å²) >= 11 is 1.85. The number of rotatable bonds is 1. The fourth-order valence-electron chi connectivity index (χ4n) is 2.56. The number of likely N-dealkylation sites (tertiary alicyclic amines) is 1. The number of amides is 1. The molecule has 1 fully saturated rings. The molecule has 0 unspecified atom stereocenters. The smallest absolute Gasteiger partial charge is 0.410 e. The van der Waals surface area contributed by atoms with Gasteiger partial charge in [-0.2, -0.15) is 0 Å². The van der Waals surface area contributed by atoms with Gasteiger partial charge in [-0.1, -0.05) is 6.07 Å². The van der Waals surface area contributed by atoms with E-state index in [-0.39, 0.29) is 12.0 Å². The lowest BCUT2D eigenvalue weighted by atomic mass is 9.89. The molecule has 0 bridgehead atoms. The lowest BCUT2D eigenvalue weighted by Gasteiger charge is -2.34. The number of hydrogen-bond acceptors (Lipinski definition) is 2. The van der Waals surface area contributed by atoms with Crippen molar-refractivity contribution in [3.8, 4) is 0 Å². The first-order chi connectivity index (χ1) is 10.2. The lowest BCUT2D eigenvalue weighted by Crippen LogP contribution is -2.41. The van der Waals surface area contributed by atoms with E-state index in [0.29, 0.717) is 16.7 Å². The van der Waals surface area contributed by atoms with Gasteiger partial charge in [-0.05, 0) is 73.8 Å². The van der Waals surface area contributed by atoms with Crippen molar-refractivity contribution < 1.29 is 18.3 Å². The first-order valence-corrected chi connectivity index (χ1v) is 8.38. The molecule has 1 amide bonds. The summed E-state index contributed by atoms with van der Waals surface area (Å²) in [5.74, 6) is -1.47. The van der Waals surface area contributed by atoms with Crippen LogP contribution in [0.2, 0.25) is 0 Å². The highest BCUT2D eigenvalue weighted by Crippen LogP contribution is 2.33. The molecule has 0 atom stereocenters. The van der Waals surface area contributed by atoms with Crippen LogP contribution in [0.15, 0.2) is 12.1 Å².